The van der Waals surface area contributed by atoms with Crippen LogP contribution in [0.1, 0.15) is 22.6 Å². The minimum Gasteiger partial charge on any atom is -0.482 e. The van der Waals surface area contributed by atoms with Crippen LogP contribution in [0, 0.1) is 0 Å². The smallest absolute Gasteiger partial charge is 0.407 e. The number of nitrogens with one attached hydrogen (secondary N) is 1. The third-order valence-corrected chi connectivity index (χ3v) is 5.26. The van der Waals surface area contributed by atoms with Crippen LogP contribution < -0.4 is 10.1 Å². The first-order valence-electron chi connectivity index (χ1n) is 10.3. The Morgan fingerprint density at radius 2 is 1.53 bits per heavy atom. The summed E-state index contributed by atoms with van der Waals surface area (Å²) in [5.74, 6) is -0.500. The zero-order valence-electron chi connectivity index (χ0n) is 17.4. The predicted molar refractivity (Wildman–Crippen MR) is 122 cm³/mol. The van der Waals surface area contributed by atoms with Crippen LogP contribution in [0.25, 0.3) is 17.2 Å². The van der Waals surface area contributed by atoms with Crippen molar-refractivity contribution in [2.45, 2.75) is 5.92 Å². The molecule has 1 aliphatic rings. The highest BCUT2D eigenvalue weighted by Crippen LogP contribution is 2.44. The molecule has 4 rings (SSSR count). The quantitative estimate of drug-likeness (QED) is 0.542. The molecule has 0 aliphatic heterocycles. The van der Waals surface area contributed by atoms with Gasteiger partial charge in [-0.2, -0.15) is 0 Å². The van der Waals surface area contributed by atoms with Gasteiger partial charge in [-0.15, -0.1) is 0 Å². The van der Waals surface area contributed by atoms with Crippen LogP contribution in [0.3, 0.4) is 0 Å². The van der Waals surface area contributed by atoms with Gasteiger partial charge in [0.1, 0.15) is 12.4 Å². The fraction of sp³-hybridized carbons (Fsp3) is 0.154. The highest BCUT2D eigenvalue weighted by atomic mass is 16.5. The number of rotatable bonds is 8. The van der Waals surface area contributed by atoms with Crippen LogP contribution in [-0.4, -0.2) is 36.9 Å². The minimum atomic E-state index is -1.02. The van der Waals surface area contributed by atoms with Crippen molar-refractivity contribution in [2.24, 2.45) is 0 Å². The number of carbonyl (C=O) groups excluding carboxylic acids is 1. The third kappa shape index (κ3) is 4.98. The summed E-state index contributed by atoms with van der Waals surface area (Å²) in [6, 6.07) is 23.4. The second kappa shape index (κ2) is 9.83. The molecular formula is C26H23NO5. The van der Waals surface area contributed by atoms with E-state index in [4.69, 9.17) is 14.6 Å². The van der Waals surface area contributed by atoms with Crippen molar-refractivity contribution in [3.8, 4) is 16.9 Å². The zero-order valence-corrected chi connectivity index (χ0v) is 17.4. The predicted octanol–water partition coefficient (Wildman–Crippen LogP) is 4.70. The van der Waals surface area contributed by atoms with Crippen molar-refractivity contribution in [1.82, 2.24) is 5.32 Å². The number of benzene rings is 3. The molecule has 0 spiro atoms. The van der Waals surface area contributed by atoms with E-state index in [1.165, 1.54) is 22.3 Å². The number of carbonyl (C=O) groups is 2. The highest BCUT2D eigenvalue weighted by molar-refractivity contribution is 5.79. The molecule has 0 heterocycles. The lowest BCUT2D eigenvalue weighted by atomic mass is 9.98. The van der Waals surface area contributed by atoms with E-state index in [1.807, 2.05) is 36.4 Å². The number of carboxylic acid groups (broad SMARTS) is 1. The third-order valence-electron chi connectivity index (χ3n) is 5.26. The molecule has 3 aromatic rings. The summed E-state index contributed by atoms with van der Waals surface area (Å²) in [4.78, 5) is 22.7. The van der Waals surface area contributed by atoms with Crippen molar-refractivity contribution in [1.29, 1.82) is 0 Å². The molecule has 0 fully saturated rings. The van der Waals surface area contributed by atoms with E-state index in [-0.39, 0.29) is 19.1 Å². The largest absolute Gasteiger partial charge is 0.482 e. The Bertz CT molecular complexity index is 1090. The van der Waals surface area contributed by atoms with Gasteiger partial charge in [-0.25, -0.2) is 9.59 Å². The van der Waals surface area contributed by atoms with Crippen molar-refractivity contribution in [3.05, 3.63) is 95.6 Å². The summed E-state index contributed by atoms with van der Waals surface area (Å²) in [7, 11) is 0. The molecule has 0 radical (unpaired) electrons. The minimum absolute atomic E-state index is 0.0329. The summed E-state index contributed by atoms with van der Waals surface area (Å²) in [5.41, 5.74) is 5.65. The summed E-state index contributed by atoms with van der Waals surface area (Å²) in [6.07, 6.45) is 3.20. The normalized spacial score (nSPS) is 12.2. The Hall–Kier alpha value is -4.06. The van der Waals surface area contributed by atoms with E-state index in [2.05, 4.69) is 29.6 Å². The van der Waals surface area contributed by atoms with E-state index < -0.39 is 12.1 Å². The molecule has 0 saturated carbocycles. The molecule has 6 nitrogen and oxygen atoms in total. The number of alkyl carbamates (subject to hydrolysis) is 1. The Kier molecular flexibility index (Phi) is 6.51. The fourth-order valence-corrected chi connectivity index (χ4v) is 3.81. The van der Waals surface area contributed by atoms with Crippen molar-refractivity contribution < 1.29 is 24.2 Å². The summed E-state index contributed by atoms with van der Waals surface area (Å²) < 4.78 is 10.6. The van der Waals surface area contributed by atoms with E-state index in [1.54, 1.807) is 24.3 Å². The summed E-state index contributed by atoms with van der Waals surface area (Å²) in [6.45, 7) is 0.231. The first-order valence-corrected chi connectivity index (χ1v) is 10.3. The maximum atomic E-state index is 12.2. The lowest BCUT2D eigenvalue weighted by molar-refractivity contribution is -0.139. The Balaban J connectivity index is 1.26. The molecule has 0 atom stereocenters. The van der Waals surface area contributed by atoms with Crippen LogP contribution in [0.2, 0.25) is 0 Å². The molecule has 162 valence electrons. The van der Waals surface area contributed by atoms with Crippen molar-refractivity contribution in [2.75, 3.05) is 19.8 Å². The molecule has 0 bridgehead atoms. The lowest BCUT2D eigenvalue weighted by Gasteiger charge is -2.14. The topological polar surface area (TPSA) is 84.9 Å². The van der Waals surface area contributed by atoms with Gasteiger partial charge in [0.15, 0.2) is 6.61 Å². The van der Waals surface area contributed by atoms with Crippen molar-refractivity contribution in [3.63, 3.8) is 0 Å². The van der Waals surface area contributed by atoms with Crippen LogP contribution in [0.4, 0.5) is 4.79 Å². The number of amides is 1. The Morgan fingerprint density at radius 1 is 0.906 bits per heavy atom. The molecule has 0 unspecified atom stereocenters. The van der Waals surface area contributed by atoms with E-state index >= 15 is 0 Å². The fourth-order valence-electron chi connectivity index (χ4n) is 3.81. The van der Waals surface area contributed by atoms with E-state index in [9.17, 15) is 9.59 Å². The van der Waals surface area contributed by atoms with Crippen LogP contribution in [-0.2, 0) is 9.53 Å². The van der Waals surface area contributed by atoms with Gasteiger partial charge < -0.3 is 19.9 Å². The standard InChI is InChI=1S/C26H23NO5/c28-25(29)17-31-19-13-11-18(12-14-19)6-5-15-27-26(30)32-16-24-22-9-3-1-7-20(22)21-8-2-4-10-23(21)24/h1-14,24H,15-17H2,(H,27,30)(H,28,29). The molecule has 32 heavy (non-hydrogen) atoms. The second-order valence-corrected chi connectivity index (χ2v) is 7.36. The van der Waals surface area contributed by atoms with Crippen molar-refractivity contribution >= 4 is 18.1 Å². The molecule has 1 aliphatic carbocycles. The summed E-state index contributed by atoms with van der Waals surface area (Å²) >= 11 is 0. The van der Waals surface area contributed by atoms with Gasteiger partial charge in [-0.3, -0.25) is 0 Å². The van der Waals surface area contributed by atoms with Crippen LogP contribution >= 0.6 is 0 Å². The van der Waals surface area contributed by atoms with Crippen LogP contribution in [0.15, 0.2) is 78.9 Å². The lowest BCUT2D eigenvalue weighted by Crippen LogP contribution is -2.26. The monoisotopic (exact) mass is 429 g/mol. The Labute approximate surface area is 186 Å². The number of aliphatic carboxylic acids is 1. The maximum Gasteiger partial charge on any atom is 0.407 e. The molecule has 0 saturated heterocycles. The number of carboxylic acids is 1. The van der Waals surface area contributed by atoms with E-state index in [0.717, 1.165) is 5.56 Å². The average molecular weight is 429 g/mol. The second-order valence-electron chi connectivity index (χ2n) is 7.36. The van der Waals surface area contributed by atoms with Gasteiger partial charge in [-0.05, 0) is 39.9 Å². The van der Waals surface area contributed by atoms with Crippen LogP contribution in [0.5, 0.6) is 5.75 Å². The molecule has 6 heteroatoms. The van der Waals surface area contributed by atoms with E-state index in [0.29, 0.717) is 12.3 Å². The number of hydrogen-bond acceptors (Lipinski definition) is 4. The van der Waals surface area contributed by atoms with Gasteiger partial charge in [0.25, 0.3) is 0 Å². The summed E-state index contributed by atoms with van der Waals surface area (Å²) in [5, 5.41) is 11.4. The van der Waals surface area contributed by atoms with Gasteiger partial charge in [0.05, 0.1) is 0 Å². The molecule has 0 aromatic heterocycles. The molecular weight excluding hydrogens is 406 g/mol. The highest BCUT2D eigenvalue weighted by Gasteiger charge is 2.28. The number of hydrogen-bond donors (Lipinski definition) is 2. The average Bonchev–Trinajstić information content (AvgIpc) is 3.13. The number of fused-ring (bicyclic) bond motifs is 3. The van der Waals surface area contributed by atoms with Gasteiger partial charge in [-0.1, -0.05) is 72.8 Å². The maximum absolute atomic E-state index is 12.2. The van der Waals surface area contributed by atoms with Gasteiger partial charge >= 0.3 is 12.1 Å². The van der Waals surface area contributed by atoms with Gasteiger partial charge in [0, 0.05) is 12.5 Å². The number of ether oxygens (including phenoxy) is 2. The first-order chi connectivity index (χ1) is 15.6. The van der Waals surface area contributed by atoms with Gasteiger partial charge in [0.2, 0.25) is 0 Å². The first kappa shape index (κ1) is 21.2. The SMILES string of the molecule is O=C(O)COc1ccc(C=CCNC(=O)OCC2c3ccccc3-c3ccccc32)cc1. The Morgan fingerprint density at radius 3 is 2.16 bits per heavy atom. The zero-order chi connectivity index (χ0) is 22.3. The molecule has 1 amide bonds. The molecule has 3 aromatic carbocycles. The molecule has 2 N–H and O–H groups in total.